The van der Waals surface area contributed by atoms with Crippen molar-refractivity contribution in [3.63, 3.8) is 0 Å². The molecule has 110 valence electrons. The van der Waals surface area contributed by atoms with E-state index < -0.39 is 10.0 Å². The van der Waals surface area contributed by atoms with E-state index in [0.29, 0.717) is 24.0 Å². The van der Waals surface area contributed by atoms with Crippen LogP contribution in [0.15, 0.2) is 24.3 Å². The third-order valence-corrected chi connectivity index (χ3v) is 5.86. The van der Waals surface area contributed by atoms with Crippen LogP contribution in [0.1, 0.15) is 30.9 Å². The van der Waals surface area contributed by atoms with Crippen molar-refractivity contribution in [3.8, 4) is 0 Å². The normalized spacial score (nSPS) is 20.1. The quantitative estimate of drug-likeness (QED) is 0.843. The molecule has 20 heavy (non-hydrogen) atoms. The van der Waals surface area contributed by atoms with E-state index in [4.69, 9.17) is 18.0 Å². The van der Waals surface area contributed by atoms with Gasteiger partial charge in [0.1, 0.15) is 4.99 Å². The first-order valence-electron chi connectivity index (χ1n) is 6.79. The summed E-state index contributed by atoms with van der Waals surface area (Å²) in [6.45, 7) is 3.41. The van der Waals surface area contributed by atoms with Gasteiger partial charge < -0.3 is 5.73 Å². The number of nitrogens with zero attached hydrogens (tertiary/aromatic N) is 1. The van der Waals surface area contributed by atoms with Crippen molar-refractivity contribution in [2.24, 2.45) is 11.7 Å². The molecule has 1 saturated heterocycles. The maximum Gasteiger partial charge on any atom is 0.218 e. The molecule has 2 rings (SSSR count). The van der Waals surface area contributed by atoms with E-state index in [1.165, 1.54) is 0 Å². The number of thiocarbonyl (C=S) groups is 1. The molecule has 0 amide bonds. The molecule has 0 bridgehead atoms. The average Bonchev–Trinajstić information content (AvgIpc) is 2.88. The molecule has 0 saturated carbocycles. The Labute approximate surface area is 126 Å². The molecule has 1 unspecified atom stereocenters. The summed E-state index contributed by atoms with van der Waals surface area (Å²) in [5.74, 6) is 0.544. The van der Waals surface area contributed by atoms with Gasteiger partial charge in [-0.1, -0.05) is 49.8 Å². The third kappa shape index (κ3) is 3.56. The Bertz CT molecular complexity index is 582. The predicted octanol–water partition coefficient (Wildman–Crippen LogP) is 1.88. The Morgan fingerprint density at radius 1 is 1.40 bits per heavy atom. The Morgan fingerprint density at radius 2 is 2.05 bits per heavy atom. The van der Waals surface area contributed by atoms with Gasteiger partial charge in [-0.05, 0) is 17.9 Å². The van der Waals surface area contributed by atoms with Crippen molar-refractivity contribution in [3.05, 3.63) is 35.4 Å². The fourth-order valence-corrected chi connectivity index (χ4v) is 4.20. The number of hydrogen-bond donors (Lipinski definition) is 1. The second-order valence-electron chi connectivity index (χ2n) is 5.24. The van der Waals surface area contributed by atoms with Crippen molar-refractivity contribution >= 4 is 27.2 Å². The number of hydrogen-bond acceptors (Lipinski definition) is 3. The molecule has 1 atom stereocenters. The first-order valence-corrected chi connectivity index (χ1v) is 8.80. The van der Waals surface area contributed by atoms with Crippen LogP contribution < -0.4 is 5.73 Å². The molecule has 0 aromatic heterocycles. The zero-order chi connectivity index (χ0) is 14.8. The van der Waals surface area contributed by atoms with Gasteiger partial charge in [0, 0.05) is 18.7 Å². The summed E-state index contributed by atoms with van der Waals surface area (Å²) in [7, 11) is -3.22. The summed E-state index contributed by atoms with van der Waals surface area (Å²) >= 11 is 4.88. The second-order valence-corrected chi connectivity index (χ2v) is 7.65. The Kier molecular flexibility index (Phi) is 4.78. The van der Waals surface area contributed by atoms with E-state index in [-0.39, 0.29) is 5.75 Å². The number of nitrogens with two attached hydrogens (primary N) is 1. The van der Waals surface area contributed by atoms with Gasteiger partial charge in [-0.3, -0.25) is 0 Å². The SMILES string of the molecule is CCC1CCN(S(=O)(=O)Cc2ccc(C(N)=S)cc2)C1. The molecule has 2 N–H and O–H groups in total. The Morgan fingerprint density at radius 3 is 2.55 bits per heavy atom. The van der Waals surface area contributed by atoms with Crippen molar-refractivity contribution in [1.82, 2.24) is 4.31 Å². The molecule has 1 aromatic rings. The van der Waals surface area contributed by atoms with E-state index in [1.807, 2.05) is 0 Å². The van der Waals surface area contributed by atoms with Gasteiger partial charge in [-0.15, -0.1) is 0 Å². The van der Waals surface area contributed by atoms with Gasteiger partial charge >= 0.3 is 0 Å². The highest BCUT2D eigenvalue weighted by atomic mass is 32.2. The highest BCUT2D eigenvalue weighted by molar-refractivity contribution is 7.88. The number of rotatable bonds is 5. The second kappa shape index (κ2) is 6.20. The maximum atomic E-state index is 12.4. The molecule has 1 aliphatic heterocycles. The lowest BCUT2D eigenvalue weighted by molar-refractivity contribution is 0.452. The molecule has 0 spiro atoms. The van der Waals surface area contributed by atoms with E-state index >= 15 is 0 Å². The van der Waals surface area contributed by atoms with Crippen LogP contribution in [-0.4, -0.2) is 30.8 Å². The number of sulfonamides is 1. The molecule has 1 aliphatic rings. The molecule has 1 heterocycles. The lowest BCUT2D eigenvalue weighted by atomic mass is 10.1. The summed E-state index contributed by atoms with van der Waals surface area (Å²) in [5, 5.41) is 0. The summed E-state index contributed by atoms with van der Waals surface area (Å²) in [5.41, 5.74) is 7.05. The summed E-state index contributed by atoms with van der Waals surface area (Å²) in [6.07, 6.45) is 2.00. The smallest absolute Gasteiger partial charge is 0.218 e. The molecule has 1 aromatic carbocycles. The van der Waals surface area contributed by atoms with Crippen molar-refractivity contribution in [1.29, 1.82) is 0 Å². The minimum absolute atomic E-state index is 0.0427. The highest BCUT2D eigenvalue weighted by Gasteiger charge is 2.30. The monoisotopic (exact) mass is 312 g/mol. The Balaban J connectivity index is 2.06. The molecular weight excluding hydrogens is 292 g/mol. The fourth-order valence-electron chi connectivity index (χ4n) is 2.45. The zero-order valence-corrected chi connectivity index (χ0v) is 13.2. The van der Waals surface area contributed by atoms with E-state index in [0.717, 1.165) is 24.0 Å². The summed E-state index contributed by atoms with van der Waals surface area (Å²) in [6, 6.07) is 7.09. The zero-order valence-electron chi connectivity index (χ0n) is 11.6. The van der Waals surface area contributed by atoms with Crippen molar-refractivity contribution in [2.75, 3.05) is 13.1 Å². The first-order chi connectivity index (χ1) is 9.42. The van der Waals surface area contributed by atoms with Crippen LogP contribution in [0.5, 0.6) is 0 Å². The van der Waals surface area contributed by atoms with Gasteiger partial charge in [0.15, 0.2) is 0 Å². The largest absolute Gasteiger partial charge is 0.389 e. The van der Waals surface area contributed by atoms with E-state index in [1.54, 1.807) is 28.6 Å². The van der Waals surface area contributed by atoms with E-state index in [9.17, 15) is 8.42 Å². The van der Waals surface area contributed by atoms with Crippen LogP contribution in [-0.2, 0) is 15.8 Å². The van der Waals surface area contributed by atoms with Crippen LogP contribution >= 0.6 is 12.2 Å². The topological polar surface area (TPSA) is 63.4 Å². The predicted molar refractivity (Wildman–Crippen MR) is 84.9 cm³/mol. The van der Waals surface area contributed by atoms with Crippen LogP contribution in [0.2, 0.25) is 0 Å². The fraction of sp³-hybridized carbons (Fsp3) is 0.500. The lowest BCUT2D eigenvalue weighted by Crippen LogP contribution is -2.30. The number of benzene rings is 1. The molecular formula is C14H20N2O2S2. The Hall–Kier alpha value is -0.980. The van der Waals surface area contributed by atoms with Crippen LogP contribution in [0.4, 0.5) is 0 Å². The molecule has 0 aliphatic carbocycles. The molecule has 1 fully saturated rings. The molecule has 6 heteroatoms. The van der Waals surface area contributed by atoms with Gasteiger partial charge in [-0.25, -0.2) is 12.7 Å². The standard InChI is InChI=1S/C14H20N2O2S2/c1-2-11-7-8-16(9-11)20(17,18)10-12-3-5-13(6-4-12)14(15)19/h3-6,11H,2,7-10H2,1H3,(H2,15,19). The minimum atomic E-state index is -3.22. The van der Waals surface area contributed by atoms with Crippen molar-refractivity contribution in [2.45, 2.75) is 25.5 Å². The van der Waals surface area contributed by atoms with E-state index in [2.05, 4.69) is 6.92 Å². The van der Waals surface area contributed by atoms with Crippen LogP contribution in [0.3, 0.4) is 0 Å². The summed E-state index contributed by atoms with van der Waals surface area (Å²) < 4.78 is 26.3. The average molecular weight is 312 g/mol. The highest BCUT2D eigenvalue weighted by Crippen LogP contribution is 2.23. The van der Waals surface area contributed by atoms with Gasteiger partial charge in [0.2, 0.25) is 10.0 Å². The maximum absolute atomic E-state index is 12.4. The minimum Gasteiger partial charge on any atom is -0.389 e. The van der Waals surface area contributed by atoms with Gasteiger partial charge in [0.05, 0.1) is 5.75 Å². The summed E-state index contributed by atoms with van der Waals surface area (Å²) in [4.78, 5) is 0.324. The van der Waals surface area contributed by atoms with Gasteiger partial charge in [-0.2, -0.15) is 0 Å². The molecule has 4 nitrogen and oxygen atoms in total. The lowest BCUT2D eigenvalue weighted by Gasteiger charge is -2.16. The van der Waals surface area contributed by atoms with Gasteiger partial charge in [0.25, 0.3) is 0 Å². The third-order valence-electron chi connectivity index (χ3n) is 3.81. The van der Waals surface area contributed by atoms with Crippen LogP contribution in [0.25, 0.3) is 0 Å². The van der Waals surface area contributed by atoms with Crippen LogP contribution in [0, 0.1) is 5.92 Å². The molecule has 0 radical (unpaired) electrons. The van der Waals surface area contributed by atoms with Crippen molar-refractivity contribution < 1.29 is 8.42 Å². The first kappa shape index (κ1) is 15.4.